The highest BCUT2D eigenvalue weighted by Gasteiger charge is 2.40. The molecular formula is C17H28O. The third-order valence-electron chi connectivity index (χ3n) is 4.52. The Labute approximate surface area is 112 Å². The van der Waals surface area contributed by atoms with Crippen molar-refractivity contribution in [2.24, 2.45) is 11.8 Å². The molecule has 0 aromatic rings. The normalized spacial score (nSPS) is 33.7. The lowest BCUT2D eigenvalue weighted by Gasteiger charge is -2.03. The zero-order chi connectivity index (χ0) is 12.6. The fraction of sp³-hybridized carbons (Fsp3) is 0.824. The van der Waals surface area contributed by atoms with E-state index in [4.69, 9.17) is 0 Å². The second-order valence-corrected chi connectivity index (χ2v) is 6.17. The van der Waals surface area contributed by atoms with Crippen molar-refractivity contribution in [3.05, 3.63) is 12.2 Å². The van der Waals surface area contributed by atoms with Gasteiger partial charge < -0.3 is 0 Å². The van der Waals surface area contributed by atoms with Gasteiger partial charge in [0, 0.05) is 5.92 Å². The van der Waals surface area contributed by atoms with E-state index in [2.05, 4.69) is 6.08 Å². The van der Waals surface area contributed by atoms with E-state index in [1.54, 1.807) is 0 Å². The minimum atomic E-state index is 0.397. The summed E-state index contributed by atoms with van der Waals surface area (Å²) in [4.78, 5) is 11.9. The standard InChI is InChI=1S/C17H28O/c18-17-13-11-9-7-5-3-1-2-4-6-8-10-12-15-14-16(15)17/h11,13,15-16H,1-10,12,14H2/b13-11-/t15-,16-/m1/s1. The average molecular weight is 248 g/mol. The molecule has 0 aromatic carbocycles. The van der Waals surface area contributed by atoms with E-state index in [1.807, 2.05) is 6.08 Å². The molecule has 0 N–H and O–H groups in total. The molecule has 0 aliphatic heterocycles. The van der Waals surface area contributed by atoms with Gasteiger partial charge in [0.25, 0.3) is 0 Å². The number of ketones is 1. The summed E-state index contributed by atoms with van der Waals surface area (Å²) in [5.41, 5.74) is 0. The Hall–Kier alpha value is -0.590. The van der Waals surface area contributed by atoms with Crippen LogP contribution in [0.4, 0.5) is 0 Å². The third-order valence-corrected chi connectivity index (χ3v) is 4.52. The van der Waals surface area contributed by atoms with Gasteiger partial charge in [-0.2, -0.15) is 0 Å². The minimum Gasteiger partial charge on any atom is -0.295 e. The first-order valence-corrected chi connectivity index (χ1v) is 8.08. The molecule has 2 atom stereocenters. The number of carbonyl (C=O) groups excluding carboxylic acids is 1. The summed E-state index contributed by atoms with van der Waals surface area (Å²) in [5, 5.41) is 0. The fourth-order valence-corrected chi connectivity index (χ4v) is 3.14. The highest BCUT2D eigenvalue weighted by molar-refractivity contribution is 5.93. The molecule has 1 heteroatoms. The zero-order valence-corrected chi connectivity index (χ0v) is 11.7. The van der Waals surface area contributed by atoms with E-state index < -0.39 is 0 Å². The maximum Gasteiger partial charge on any atom is 0.158 e. The summed E-state index contributed by atoms with van der Waals surface area (Å²) < 4.78 is 0. The average Bonchev–Trinajstić information content (AvgIpc) is 3.13. The molecule has 0 spiro atoms. The van der Waals surface area contributed by atoms with Crippen LogP contribution in [0.5, 0.6) is 0 Å². The molecular weight excluding hydrogens is 220 g/mol. The van der Waals surface area contributed by atoms with Crippen molar-refractivity contribution in [3.63, 3.8) is 0 Å². The number of rotatable bonds is 0. The van der Waals surface area contributed by atoms with Gasteiger partial charge in [0.05, 0.1) is 0 Å². The fourth-order valence-electron chi connectivity index (χ4n) is 3.14. The van der Waals surface area contributed by atoms with E-state index in [-0.39, 0.29) is 0 Å². The van der Waals surface area contributed by atoms with Crippen LogP contribution in [0.1, 0.15) is 77.0 Å². The van der Waals surface area contributed by atoms with Crippen LogP contribution >= 0.6 is 0 Å². The molecule has 2 aliphatic carbocycles. The lowest BCUT2D eigenvalue weighted by molar-refractivity contribution is -0.116. The Kier molecular flexibility index (Phi) is 5.96. The van der Waals surface area contributed by atoms with Crippen molar-refractivity contribution < 1.29 is 4.79 Å². The van der Waals surface area contributed by atoms with Crippen molar-refractivity contribution in [2.45, 2.75) is 77.0 Å². The van der Waals surface area contributed by atoms with Gasteiger partial charge in [-0.1, -0.05) is 57.4 Å². The number of hydrogen-bond acceptors (Lipinski definition) is 1. The van der Waals surface area contributed by atoms with Crippen LogP contribution in [0.2, 0.25) is 0 Å². The van der Waals surface area contributed by atoms with E-state index in [0.29, 0.717) is 11.7 Å². The Balaban J connectivity index is 1.73. The second-order valence-electron chi connectivity index (χ2n) is 6.17. The maximum absolute atomic E-state index is 11.9. The maximum atomic E-state index is 11.9. The van der Waals surface area contributed by atoms with Crippen LogP contribution in [0.3, 0.4) is 0 Å². The molecule has 0 amide bonds. The largest absolute Gasteiger partial charge is 0.295 e. The van der Waals surface area contributed by atoms with Gasteiger partial charge in [0.1, 0.15) is 0 Å². The lowest BCUT2D eigenvalue weighted by Crippen LogP contribution is -1.98. The molecule has 0 radical (unpaired) electrons. The molecule has 0 saturated heterocycles. The van der Waals surface area contributed by atoms with E-state index >= 15 is 0 Å². The number of allylic oxidation sites excluding steroid dienone is 2. The number of fused-ring (bicyclic) bond motifs is 1. The van der Waals surface area contributed by atoms with Gasteiger partial charge in [-0.25, -0.2) is 0 Å². The smallest absolute Gasteiger partial charge is 0.158 e. The molecule has 2 rings (SSSR count). The van der Waals surface area contributed by atoms with Gasteiger partial charge in [-0.15, -0.1) is 0 Å². The van der Waals surface area contributed by atoms with Crippen LogP contribution < -0.4 is 0 Å². The topological polar surface area (TPSA) is 17.1 Å². The molecule has 102 valence electrons. The molecule has 0 unspecified atom stereocenters. The molecule has 0 aromatic heterocycles. The second kappa shape index (κ2) is 7.76. The highest BCUT2D eigenvalue weighted by atomic mass is 16.1. The van der Waals surface area contributed by atoms with Gasteiger partial charge >= 0.3 is 0 Å². The molecule has 0 bridgehead atoms. The highest BCUT2D eigenvalue weighted by Crippen LogP contribution is 2.43. The quantitative estimate of drug-likeness (QED) is 0.586. The van der Waals surface area contributed by atoms with Crippen LogP contribution in [0, 0.1) is 11.8 Å². The van der Waals surface area contributed by atoms with Crippen LogP contribution in [-0.2, 0) is 4.79 Å². The van der Waals surface area contributed by atoms with Crippen LogP contribution in [-0.4, -0.2) is 5.78 Å². The van der Waals surface area contributed by atoms with Crippen LogP contribution in [0.15, 0.2) is 12.2 Å². The Morgan fingerprint density at radius 1 is 0.833 bits per heavy atom. The Morgan fingerprint density at radius 2 is 1.44 bits per heavy atom. The van der Waals surface area contributed by atoms with E-state index in [9.17, 15) is 4.79 Å². The van der Waals surface area contributed by atoms with Gasteiger partial charge in [0.15, 0.2) is 5.78 Å². The molecule has 18 heavy (non-hydrogen) atoms. The van der Waals surface area contributed by atoms with E-state index in [0.717, 1.165) is 12.3 Å². The van der Waals surface area contributed by atoms with Crippen molar-refractivity contribution in [1.82, 2.24) is 0 Å². The summed E-state index contributed by atoms with van der Waals surface area (Å²) >= 11 is 0. The minimum absolute atomic E-state index is 0.397. The first-order valence-electron chi connectivity index (χ1n) is 8.08. The Morgan fingerprint density at radius 3 is 2.17 bits per heavy atom. The summed E-state index contributed by atoms with van der Waals surface area (Å²) in [6.45, 7) is 0. The summed E-state index contributed by atoms with van der Waals surface area (Å²) in [6, 6.07) is 0. The summed E-state index contributed by atoms with van der Waals surface area (Å²) in [5.74, 6) is 1.54. The van der Waals surface area contributed by atoms with Crippen molar-refractivity contribution in [3.8, 4) is 0 Å². The van der Waals surface area contributed by atoms with Crippen molar-refractivity contribution >= 4 is 5.78 Å². The molecule has 0 heterocycles. The third kappa shape index (κ3) is 4.96. The Bertz CT molecular complexity index is 279. The zero-order valence-electron chi connectivity index (χ0n) is 11.7. The lowest BCUT2D eigenvalue weighted by atomic mass is 10.0. The molecule has 1 fully saturated rings. The summed E-state index contributed by atoms with van der Waals surface area (Å²) in [6.07, 6.45) is 19.9. The number of carbonyl (C=O) groups is 1. The molecule has 1 nitrogen and oxygen atoms in total. The molecule has 1 saturated carbocycles. The van der Waals surface area contributed by atoms with Crippen molar-refractivity contribution in [2.75, 3.05) is 0 Å². The van der Waals surface area contributed by atoms with E-state index in [1.165, 1.54) is 70.6 Å². The first-order chi connectivity index (χ1) is 8.88. The predicted octanol–water partition coefficient (Wildman–Crippen LogP) is 5.05. The van der Waals surface area contributed by atoms with Crippen LogP contribution in [0.25, 0.3) is 0 Å². The SMILES string of the molecule is O=C1/C=C\CCCCCCCCCCC[C@@H]2C[C@@H]12. The first kappa shape index (κ1) is 13.8. The monoisotopic (exact) mass is 248 g/mol. The predicted molar refractivity (Wildman–Crippen MR) is 76.5 cm³/mol. The van der Waals surface area contributed by atoms with Gasteiger partial charge in [0.2, 0.25) is 0 Å². The van der Waals surface area contributed by atoms with Crippen molar-refractivity contribution in [1.29, 1.82) is 0 Å². The van der Waals surface area contributed by atoms with Gasteiger partial charge in [-0.05, 0) is 37.7 Å². The number of hydrogen-bond donors (Lipinski definition) is 0. The summed E-state index contributed by atoms with van der Waals surface area (Å²) in [7, 11) is 0. The van der Waals surface area contributed by atoms with Gasteiger partial charge in [-0.3, -0.25) is 4.79 Å². The molecule has 2 aliphatic rings.